The van der Waals surface area contributed by atoms with Crippen LogP contribution in [0.3, 0.4) is 0 Å². The van der Waals surface area contributed by atoms with Crippen LogP contribution in [-0.2, 0) is 11.2 Å². The Morgan fingerprint density at radius 1 is 1.17 bits per heavy atom. The van der Waals surface area contributed by atoms with Gasteiger partial charge < -0.3 is 5.11 Å². The van der Waals surface area contributed by atoms with Crippen molar-refractivity contribution in [2.45, 2.75) is 12.8 Å². The molecule has 0 aliphatic rings. The summed E-state index contributed by atoms with van der Waals surface area (Å²) in [5.74, 6) is -0.127. The molecule has 0 spiro atoms. The predicted molar refractivity (Wildman–Crippen MR) is 71.1 cm³/mol. The van der Waals surface area contributed by atoms with Crippen LogP contribution in [0.25, 0.3) is 11.4 Å². The largest absolute Gasteiger partial charge is 0.481 e. The molecule has 0 fully saturated rings. The van der Waals surface area contributed by atoms with Crippen molar-refractivity contribution < 1.29 is 9.90 Å². The van der Waals surface area contributed by atoms with Crippen molar-refractivity contribution in [3.05, 3.63) is 46.7 Å². The van der Waals surface area contributed by atoms with E-state index in [1.165, 1.54) is 0 Å². The maximum atomic E-state index is 10.5. The van der Waals surface area contributed by atoms with E-state index in [9.17, 15) is 4.79 Å². The van der Waals surface area contributed by atoms with Crippen LogP contribution in [0.4, 0.5) is 0 Å². The molecule has 0 bridgehead atoms. The van der Waals surface area contributed by atoms with Gasteiger partial charge in [-0.1, -0.05) is 24.3 Å². The topological polar surface area (TPSA) is 63.1 Å². The normalized spacial score (nSPS) is 10.3. The number of hydrogen-bond donors (Lipinski definition) is 1. The van der Waals surface area contributed by atoms with Crippen molar-refractivity contribution in [1.29, 1.82) is 0 Å². The first kappa shape index (κ1) is 12.7. The van der Waals surface area contributed by atoms with E-state index in [1.807, 2.05) is 24.3 Å². The van der Waals surface area contributed by atoms with Gasteiger partial charge in [0.15, 0.2) is 5.82 Å². The lowest BCUT2D eigenvalue weighted by Crippen LogP contribution is -1.97. The molecule has 1 aromatic carbocycles. The number of carboxylic acids is 1. The molecule has 0 atom stereocenters. The number of aryl methyl sites for hydroxylation is 1. The van der Waals surface area contributed by atoms with Crippen LogP contribution in [0.5, 0.6) is 0 Å². The van der Waals surface area contributed by atoms with E-state index in [0.717, 1.165) is 15.6 Å². The Morgan fingerprint density at radius 2 is 1.78 bits per heavy atom. The van der Waals surface area contributed by atoms with E-state index in [0.29, 0.717) is 12.2 Å². The second kappa shape index (κ2) is 5.73. The van der Waals surface area contributed by atoms with Gasteiger partial charge in [0.25, 0.3) is 0 Å². The molecule has 0 aliphatic carbocycles. The minimum absolute atomic E-state index is 0.147. The van der Waals surface area contributed by atoms with Crippen molar-refractivity contribution in [2.24, 2.45) is 0 Å². The van der Waals surface area contributed by atoms with Gasteiger partial charge in [0, 0.05) is 24.4 Å². The van der Waals surface area contributed by atoms with Gasteiger partial charge in [-0.2, -0.15) is 0 Å². The zero-order valence-electron chi connectivity index (χ0n) is 9.51. The molecular formula is C13H11BrN2O2. The number of hydrogen-bond acceptors (Lipinski definition) is 3. The van der Waals surface area contributed by atoms with Gasteiger partial charge in [-0.05, 0) is 27.9 Å². The summed E-state index contributed by atoms with van der Waals surface area (Å²) in [7, 11) is 0. The summed E-state index contributed by atoms with van der Waals surface area (Å²) in [4.78, 5) is 18.9. The molecule has 4 nitrogen and oxygen atoms in total. The highest BCUT2D eigenvalue weighted by atomic mass is 79.9. The Hall–Kier alpha value is -1.75. The molecule has 92 valence electrons. The summed E-state index contributed by atoms with van der Waals surface area (Å²) in [6.45, 7) is 0. The fraction of sp³-hybridized carbons (Fsp3) is 0.154. The summed E-state index contributed by atoms with van der Waals surface area (Å²) in [6.07, 6.45) is 4.08. The summed E-state index contributed by atoms with van der Waals surface area (Å²) in [5.41, 5.74) is 1.92. The monoisotopic (exact) mass is 306 g/mol. The van der Waals surface area contributed by atoms with E-state index < -0.39 is 5.97 Å². The third kappa shape index (κ3) is 3.37. The predicted octanol–water partition coefficient (Wildman–Crippen LogP) is 2.92. The van der Waals surface area contributed by atoms with Gasteiger partial charge in [-0.25, -0.2) is 9.97 Å². The zero-order chi connectivity index (χ0) is 13.0. The Bertz CT molecular complexity index is 538. The van der Waals surface area contributed by atoms with E-state index in [1.54, 1.807) is 12.4 Å². The van der Waals surface area contributed by atoms with Gasteiger partial charge >= 0.3 is 5.97 Å². The highest BCUT2D eigenvalue weighted by Gasteiger charge is 2.02. The molecule has 0 saturated carbocycles. The van der Waals surface area contributed by atoms with Crippen LogP contribution in [0.15, 0.2) is 41.1 Å². The number of benzene rings is 1. The summed E-state index contributed by atoms with van der Waals surface area (Å²) >= 11 is 3.28. The molecule has 2 rings (SSSR count). The van der Waals surface area contributed by atoms with Gasteiger partial charge in [0.2, 0.25) is 0 Å². The summed E-state index contributed by atoms with van der Waals surface area (Å²) in [6, 6.07) is 7.62. The molecule has 0 radical (unpaired) electrons. The molecule has 1 aromatic heterocycles. The minimum Gasteiger partial charge on any atom is -0.481 e. The van der Waals surface area contributed by atoms with Crippen LogP contribution < -0.4 is 0 Å². The maximum absolute atomic E-state index is 10.5. The van der Waals surface area contributed by atoms with Crippen LogP contribution in [0.2, 0.25) is 0 Å². The molecule has 18 heavy (non-hydrogen) atoms. The third-order valence-corrected chi connectivity index (χ3v) is 2.87. The van der Waals surface area contributed by atoms with Gasteiger partial charge in [-0.15, -0.1) is 0 Å². The Kier molecular flexibility index (Phi) is 4.04. The number of aromatic nitrogens is 2. The highest BCUT2D eigenvalue weighted by molar-refractivity contribution is 9.10. The molecule has 5 heteroatoms. The maximum Gasteiger partial charge on any atom is 0.303 e. The molecule has 0 aliphatic heterocycles. The van der Waals surface area contributed by atoms with Crippen LogP contribution >= 0.6 is 15.9 Å². The third-order valence-electron chi connectivity index (χ3n) is 2.46. The quantitative estimate of drug-likeness (QED) is 0.943. The van der Waals surface area contributed by atoms with Crippen molar-refractivity contribution in [1.82, 2.24) is 9.97 Å². The average Bonchev–Trinajstić information content (AvgIpc) is 2.38. The lowest BCUT2D eigenvalue weighted by atomic mass is 10.1. The second-order valence-electron chi connectivity index (χ2n) is 3.82. The van der Waals surface area contributed by atoms with Crippen LogP contribution in [0.1, 0.15) is 12.0 Å². The van der Waals surface area contributed by atoms with Crippen molar-refractivity contribution in [3.63, 3.8) is 0 Å². The van der Waals surface area contributed by atoms with Gasteiger partial charge in [0.1, 0.15) is 0 Å². The van der Waals surface area contributed by atoms with Gasteiger partial charge in [0.05, 0.1) is 4.47 Å². The second-order valence-corrected chi connectivity index (χ2v) is 4.73. The molecule has 0 unspecified atom stereocenters. The lowest BCUT2D eigenvalue weighted by molar-refractivity contribution is -0.136. The minimum atomic E-state index is -0.782. The van der Waals surface area contributed by atoms with E-state index in [4.69, 9.17) is 5.11 Å². The fourth-order valence-corrected chi connectivity index (χ4v) is 1.74. The van der Waals surface area contributed by atoms with E-state index in [2.05, 4.69) is 25.9 Å². The summed E-state index contributed by atoms with van der Waals surface area (Å²) in [5, 5.41) is 8.61. The molecule has 1 heterocycles. The first-order valence-corrected chi connectivity index (χ1v) is 6.23. The SMILES string of the molecule is O=C(O)CCc1ccc(-c2ncc(Br)cn2)cc1. The fourth-order valence-electron chi connectivity index (χ4n) is 1.53. The van der Waals surface area contributed by atoms with Gasteiger partial charge in [-0.3, -0.25) is 4.79 Å². The Morgan fingerprint density at radius 3 is 2.33 bits per heavy atom. The van der Waals surface area contributed by atoms with Crippen molar-refractivity contribution in [3.8, 4) is 11.4 Å². The van der Waals surface area contributed by atoms with Crippen LogP contribution in [0, 0.1) is 0 Å². The first-order valence-electron chi connectivity index (χ1n) is 5.44. The zero-order valence-corrected chi connectivity index (χ0v) is 11.1. The summed E-state index contributed by atoms with van der Waals surface area (Å²) < 4.78 is 0.837. The molecule has 0 amide bonds. The molecule has 2 aromatic rings. The van der Waals surface area contributed by atoms with Crippen molar-refractivity contribution in [2.75, 3.05) is 0 Å². The van der Waals surface area contributed by atoms with Crippen molar-refractivity contribution >= 4 is 21.9 Å². The van der Waals surface area contributed by atoms with E-state index in [-0.39, 0.29) is 6.42 Å². The molecule has 0 saturated heterocycles. The average molecular weight is 307 g/mol. The molecular weight excluding hydrogens is 296 g/mol. The Balaban J connectivity index is 2.12. The number of carbonyl (C=O) groups is 1. The smallest absolute Gasteiger partial charge is 0.303 e. The standard InChI is InChI=1S/C13H11BrN2O2/c14-11-7-15-13(16-8-11)10-4-1-9(2-5-10)3-6-12(17)18/h1-2,4-5,7-8H,3,6H2,(H,17,18). The number of halogens is 1. The van der Waals surface area contributed by atoms with E-state index >= 15 is 0 Å². The number of carboxylic acid groups (broad SMARTS) is 1. The molecule has 1 N–H and O–H groups in total. The first-order chi connectivity index (χ1) is 8.65. The number of rotatable bonds is 4. The van der Waals surface area contributed by atoms with Crippen LogP contribution in [-0.4, -0.2) is 21.0 Å². The highest BCUT2D eigenvalue weighted by Crippen LogP contribution is 2.17. The number of nitrogens with zero attached hydrogens (tertiary/aromatic N) is 2. The lowest BCUT2D eigenvalue weighted by Gasteiger charge is -2.02. The number of aliphatic carboxylic acids is 1. The Labute approximate surface area is 113 Å².